The van der Waals surface area contributed by atoms with Crippen molar-refractivity contribution in [2.45, 2.75) is 38.5 Å². The van der Waals surface area contributed by atoms with Crippen molar-refractivity contribution in [1.82, 2.24) is 4.90 Å². The van der Waals surface area contributed by atoms with Crippen molar-refractivity contribution in [2.75, 3.05) is 37.7 Å². The minimum atomic E-state index is -0.111. The summed E-state index contributed by atoms with van der Waals surface area (Å²) in [5.41, 5.74) is 1.51. The minimum absolute atomic E-state index is 0.111. The molecule has 0 spiro atoms. The van der Waals surface area contributed by atoms with Crippen LogP contribution in [0.15, 0.2) is 36.4 Å². The molecule has 164 valence electrons. The molecule has 5 aliphatic rings. The van der Waals surface area contributed by atoms with Crippen LogP contribution in [0.1, 0.15) is 38.5 Å². The van der Waals surface area contributed by atoms with Gasteiger partial charge in [-0.2, -0.15) is 0 Å². The molecule has 0 aromatic heterocycles. The summed E-state index contributed by atoms with van der Waals surface area (Å²) in [5, 5.41) is 3.13. The highest BCUT2D eigenvalue weighted by Gasteiger charge is 2.51. The van der Waals surface area contributed by atoms with Crippen molar-refractivity contribution in [2.24, 2.45) is 23.2 Å². The van der Waals surface area contributed by atoms with Crippen LogP contribution in [0.25, 0.3) is 10.8 Å². The Labute approximate surface area is 189 Å². The van der Waals surface area contributed by atoms with E-state index < -0.39 is 0 Å². The highest BCUT2D eigenvalue weighted by Crippen LogP contribution is 2.60. The van der Waals surface area contributed by atoms with Gasteiger partial charge in [0, 0.05) is 47.7 Å². The number of carbonyl (C=O) groups is 1. The Bertz CT molecular complexity index is 963. The fraction of sp³-hybridized carbons (Fsp3) is 0.577. The summed E-state index contributed by atoms with van der Waals surface area (Å²) < 4.78 is 5.94. The van der Waals surface area contributed by atoms with Crippen molar-refractivity contribution in [3.63, 3.8) is 0 Å². The molecule has 5 fully saturated rings. The Kier molecular flexibility index (Phi) is 4.82. The standard InChI is InChI=1S/C26H31ClN2O2/c27-22-4-5-23-21(13-22)2-1-3-24(23)28-6-8-29(9-7-28)25(30)31-17-26-14-18-10-19(15-26)12-20(11-18)16-26/h1-5,13,18-20H,6-12,14-17H2. The average molecular weight is 439 g/mol. The molecule has 2 aromatic carbocycles. The third-order valence-corrected chi connectivity index (χ3v) is 8.60. The van der Waals surface area contributed by atoms with Crippen LogP contribution in [-0.4, -0.2) is 43.8 Å². The summed E-state index contributed by atoms with van der Waals surface area (Å²) in [6.07, 6.45) is 8.02. The summed E-state index contributed by atoms with van der Waals surface area (Å²) in [5.74, 6) is 2.68. The first-order chi connectivity index (χ1) is 15.1. The highest BCUT2D eigenvalue weighted by atomic mass is 35.5. The zero-order valence-electron chi connectivity index (χ0n) is 18.1. The first-order valence-corrected chi connectivity index (χ1v) is 12.3. The first kappa shape index (κ1) is 19.7. The monoisotopic (exact) mass is 438 g/mol. The van der Waals surface area contributed by atoms with E-state index in [1.807, 2.05) is 17.0 Å². The lowest BCUT2D eigenvalue weighted by atomic mass is 9.50. The van der Waals surface area contributed by atoms with E-state index in [0.717, 1.165) is 41.3 Å². The van der Waals surface area contributed by atoms with Crippen LogP contribution in [0.5, 0.6) is 0 Å². The van der Waals surface area contributed by atoms with E-state index in [1.165, 1.54) is 49.6 Å². The smallest absolute Gasteiger partial charge is 0.409 e. The van der Waals surface area contributed by atoms with Gasteiger partial charge >= 0.3 is 6.09 Å². The lowest BCUT2D eigenvalue weighted by Gasteiger charge is -2.56. The molecule has 5 heteroatoms. The molecule has 1 aliphatic heterocycles. The number of halogens is 1. The van der Waals surface area contributed by atoms with Gasteiger partial charge in [0.2, 0.25) is 0 Å². The molecule has 0 atom stereocenters. The number of carbonyl (C=O) groups excluding carboxylic acids is 1. The quantitative estimate of drug-likeness (QED) is 0.591. The van der Waals surface area contributed by atoms with Crippen LogP contribution in [0.3, 0.4) is 0 Å². The number of fused-ring (bicyclic) bond motifs is 1. The predicted molar refractivity (Wildman–Crippen MR) is 125 cm³/mol. The second-order valence-corrected chi connectivity index (χ2v) is 11.0. The highest BCUT2D eigenvalue weighted by molar-refractivity contribution is 6.31. The third-order valence-electron chi connectivity index (χ3n) is 8.36. The zero-order valence-corrected chi connectivity index (χ0v) is 18.8. The molecular weight excluding hydrogens is 408 g/mol. The number of rotatable bonds is 3. The lowest BCUT2D eigenvalue weighted by molar-refractivity contribution is -0.0851. The number of ether oxygens (including phenoxy) is 1. The van der Waals surface area contributed by atoms with Gasteiger partial charge in [-0.15, -0.1) is 0 Å². The van der Waals surface area contributed by atoms with E-state index in [9.17, 15) is 4.79 Å². The number of amides is 1. The molecule has 1 amide bonds. The summed E-state index contributed by atoms with van der Waals surface area (Å²) in [6.45, 7) is 3.72. The Balaban J connectivity index is 1.07. The Hall–Kier alpha value is -1.94. The van der Waals surface area contributed by atoms with E-state index in [4.69, 9.17) is 16.3 Å². The molecule has 1 heterocycles. The van der Waals surface area contributed by atoms with Crippen LogP contribution in [-0.2, 0) is 4.74 Å². The molecule has 4 bridgehead atoms. The van der Waals surface area contributed by atoms with E-state index in [2.05, 4.69) is 29.2 Å². The van der Waals surface area contributed by atoms with Crippen LogP contribution in [0.2, 0.25) is 5.02 Å². The fourth-order valence-electron chi connectivity index (χ4n) is 7.42. The summed E-state index contributed by atoms with van der Waals surface area (Å²) in [7, 11) is 0. The molecular formula is C26H31ClN2O2. The topological polar surface area (TPSA) is 32.8 Å². The minimum Gasteiger partial charge on any atom is -0.449 e. The van der Waals surface area contributed by atoms with E-state index in [1.54, 1.807) is 0 Å². The normalized spacial score (nSPS) is 32.0. The molecule has 4 saturated carbocycles. The van der Waals surface area contributed by atoms with E-state index >= 15 is 0 Å². The molecule has 4 nitrogen and oxygen atoms in total. The van der Waals surface area contributed by atoms with E-state index in [0.29, 0.717) is 19.7 Å². The van der Waals surface area contributed by atoms with Gasteiger partial charge in [-0.25, -0.2) is 4.79 Å². The third kappa shape index (κ3) is 3.67. The molecule has 2 aromatic rings. The number of hydrogen-bond donors (Lipinski definition) is 0. The predicted octanol–water partition coefficient (Wildman–Crippen LogP) is 5.97. The molecule has 0 unspecified atom stereocenters. The summed E-state index contributed by atoms with van der Waals surface area (Å²) >= 11 is 6.17. The van der Waals surface area contributed by atoms with Crippen LogP contribution >= 0.6 is 11.6 Å². The number of anilines is 1. The zero-order chi connectivity index (χ0) is 21.0. The lowest BCUT2D eigenvalue weighted by Crippen LogP contribution is -2.51. The maximum atomic E-state index is 12.9. The van der Waals surface area contributed by atoms with E-state index in [-0.39, 0.29) is 11.5 Å². The maximum Gasteiger partial charge on any atom is 0.409 e. The van der Waals surface area contributed by atoms with Gasteiger partial charge in [-0.05, 0) is 79.9 Å². The second-order valence-electron chi connectivity index (χ2n) is 10.6. The van der Waals surface area contributed by atoms with Gasteiger partial charge < -0.3 is 14.5 Å². The molecule has 7 rings (SSSR count). The van der Waals surface area contributed by atoms with Crippen LogP contribution in [0.4, 0.5) is 10.5 Å². The van der Waals surface area contributed by atoms with Gasteiger partial charge in [0.1, 0.15) is 0 Å². The molecule has 4 aliphatic carbocycles. The molecule has 0 radical (unpaired) electrons. The second kappa shape index (κ2) is 7.58. The Morgan fingerprint density at radius 2 is 1.65 bits per heavy atom. The molecule has 1 saturated heterocycles. The summed E-state index contributed by atoms with van der Waals surface area (Å²) in [6, 6.07) is 12.4. The number of nitrogens with zero attached hydrogens (tertiary/aromatic N) is 2. The Morgan fingerprint density at radius 3 is 2.32 bits per heavy atom. The first-order valence-electron chi connectivity index (χ1n) is 11.9. The maximum absolute atomic E-state index is 12.9. The molecule has 0 N–H and O–H groups in total. The van der Waals surface area contributed by atoms with Crippen molar-refractivity contribution in [3.8, 4) is 0 Å². The van der Waals surface area contributed by atoms with Gasteiger partial charge in [0.15, 0.2) is 0 Å². The van der Waals surface area contributed by atoms with Crippen LogP contribution < -0.4 is 4.90 Å². The van der Waals surface area contributed by atoms with Crippen LogP contribution in [0, 0.1) is 23.2 Å². The van der Waals surface area contributed by atoms with Crippen molar-refractivity contribution in [1.29, 1.82) is 0 Å². The SMILES string of the molecule is O=C(OCC12CC3CC(CC(C3)C1)C2)N1CCN(c2cccc3cc(Cl)ccc23)CC1. The Morgan fingerprint density at radius 1 is 0.968 bits per heavy atom. The number of hydrogen-bond acceptors (Lipinski definition) is 3. The summed E-state index contributed by atoms with van der Waals surface area (Å²) in [4.78, 5) is 17.1. The van der Waals surface area contributed by atoms with Gasteiger partial charge in [0.05, 0.1) is 6.61 Å². The fourth-order valence-corrected chi connectivity index (χ4v) is 7.60. The molecule has 31 heavy (non-hydrogen) atoms. The number of piperazine rings is 1. The number of benzene rings is 2. The average Bonchev–Trinajstić information content (AvgIpc) is 2.76. The van der Waals surface area contributed by atoms with Gasteiger partial charge in [-0.1, -0.05) is 29.8 Å². The van der Waals surface area contributed by atoms with Gasteiger partial charge in [0.25, 0.3) is 0 Å². The van der Waals surface area contributed by atoms with Crippen molar-refractivity contribution < 1.29 is 9.53 Å². The van der Waals surface area contributed by atoms with Gasteiger partial charge in [-0.3, -0.25) is 0 Å². The van der Waals surface area contributed by atoms with Crippen molar-refractivity contribution in [3.05, 3.63) is 41.4 Å². The largest absolute Gasteiger partial charge is 0.449 e. The van der Waals surface area contributed by atoms with Crippen molar-refractivity contribution >= 4 is 34.2 Å².